The van der Waals surface area contributed by atoms with Crippen LogP contribution in [-0.2, 0) is 0 Å². The van der Waals surface area contributed by atoms with Gasteiger partial charge in [0, 0.05) is 16.6 Å². The van der Waals surface area contributed by atoms with Gasteiger partial charge in [-0.2, -0.15) is 0 Å². The molecule has 1 atom stereocenters. The van der Waals surface area contributed by atoms with E-state index in [4.69, 9.17) is 0 Å². The lowest BCUT2D eigenvalue weighted by Crippen LogP contribution is -2.45. The molecular weight excluding hydrogens is 322 g/mol. The van der Waals surface area contributed by atoms with Crippen LogP contribution in [0.15, 0.2) is 28.7 Å². The van der Waals surface area contributed by atoms with Crippen LogP contribution in [0.5, 0.6) is 0 Å². The molecule has 0 amide bonds. The Balaban J connectivity index is 2.09. The second kappa shape index (κ2) is 6.42. The highest BCUT2D eigenvalue weighted by molar-refractivity contribution is 9.10. The number of hydrogen-bond acceptors (Lipinski definition) is 1. The first-order valence-corrected chi connectivity index (χ1v) is 9.02. The van der Waals surface area contributed by atoms with Crippen LogP contribution in [0.2, 0.25) is 0 Å². The minimum Gasteiger partial charge on any atom is -0.307 e. The molecule has 1 saturated carbocycles. The van der Waals surface area contributed by atoms with E-state index in [9.17, 15) is 0 Å². The number of nitrogens with one attached hydrogen (secondary N) is 1. The largest absolute Gasteiger partial charge is 0.307 e. The summed E-state index contributed by atoms with van der Waals surface area (Å²) in [5, 5.41) is 3.94. The van der Waals surface area contributed by atoms with Crippen molar-refractivity contribution in [1.29, 1.82) is 0 Å². The molecule has 2 rings (SSSR count). The SMILES string of the molecule is CCC(NC1CC(C)(C)CC(C)(C)C1)c1ccc(Br)cc1. The molecule has 2 heteroatoms. The van der Waals surface area contributed by atoms with Gasteiger partial charge in [-0.05, 0) is 54.2 Å². The van der Waals surface area contributed by atoms with Crippen LogP contribution >= 0.6 is 15.9 Å². The minimum atomic E-state index is 0.442. The van der Waals surface area contributed by atoms with Crippen LogP contribution < -0.4 is 5.32 Å². The Bertz CT molecular complexity index is 445. The molecular formula is C19H30BrN. The average molecular weight is 352 g/mol. The average Bonchev–Trinajstić information content (AvgIpc) is 2.33. The summed E-state index contributed by atoms with van der Waals surface area (Å²) in [6.45, 7) is 12.0. The second-order valence-corrected chi connectivity index (χ2v) is 9.21. The van der Waals surface area contributed by atoms with Crippen LogP contribution in [0.25, 0.3) is 0 Å². The standard InChI is InChI=1S/C19H30BrN/c1-6-17(14-7-9-15(20)10-8-14)21-16-11-18(2,3)13-19(4,5)12-16/h7-10,16-17,21H,6,11-13H2,1-5H3. The third-order valence-electron chi connectivity index (χ3n) is 4.67. The van der Waals surface area contributed by atoms with Crippen molar-refractivity contribution in [3.05, 3.63) is 34.3 Å². The van der Waals surface area contributed by atoms with Gasteiger partial charge in [-0.1, -0.05) is 62.7 Å². The number of rotatable bonds is 4. The summed E-state index contributed by atoms with van der Waals surface area (Å²) in [6.07, 6.45) is 5.03. The van der Waals surface area contributed by atoms with E-state index in [-0.39, 0.29) is 0 Å². The van der Waals surface area contributed by atoms with E-state index in [1.165, 1.54) is 24.8 Å². The molecule has 0 saturated heterocycles. The summed E-state index contributed by atoms with van der Waals surface area (Å²) in [5.41, 5.74) is 2.29. The first kappa shape index (κ1) is 17.0. The lowest BCUT2D eigenvalue weighted by molar-refractivity contribution is 0.0799. The molecule has 1 aromatic rings. The molecule has 0 spiro atoms. The van der Waals surface area contributed by atoms with Crippen molar-refractivity contribution in [2.75, 3.05) is 0 Å². The normalized spacial score (nSPS) is 23.0. The van der Waals surface area contributed by atoms with E-state index < -0.39 is 0 Å². The first-order chi connectivity index (χ1) is 9.71. The lowest BCUT2D eigenvalue weighted by Gasteiger charge is -2.46. The van der Waals surface area contributed by atoms with Gasteiger partial charge >= 0.3 is 0 Å². The third-order valence-corrected chi connectivity index (χ3v) is 5.20. The van der Waals surface area contributed by atoms with E-state index >= 15 is 0 Å². The topological polar surface area (TPSA) is 12.0 Å². The fourth-order valence-corrected chi connectivity index (χ4v) is 4.66. The molecule has 1 aliphatic rings. The molecule has 0 aromatic heterocycles. The summed E-state index contributed by atoms with van der Waals surface area (Å²) in [4.78, 5) is 0. The Kier molecular flexibility index (Phi) is 5.20. The van der Waals surface area contributed by atoms with Crippen LogP contribution in [0.4, 0.5) is 0 Å². The fraction of sp³-hybridized carbons (Fsp3) is 0.684. The van der Waals surface area contributed by atoms with Gasteiger partial charge in [0.25, 0.3) is 0 Å². The monoisotopic (exact) mass is 351 g/mol. The molecule has 1 fully saturated rings. The first-order valence-electron chi connectivity index (χ1n) is 8.22. The van der Waals surface area contributed by atoms with Gasteiger partial charge in [0.2, 0.25) is 0 Å². The summed E-state index contributed by atoms with van der Waals surface area (Å²) in [7, 11) is 0. The molecule has 1 N–H and O–H groups in total. The molecule has 1 unspecified atom stereocenters. The highest BCUT2D eigenvalue weighted by Gasteiger charge is 2.38. The molecule has 0 heterocycles. The van der Waals surface area contributed by atoms with Crippen LogP contribution in [0.3, 0.4) is 0 Å². The van der Waals surface area contributed by atoms with Gasteiger partial charge in [0.1, 0.15) is 0 Å². The maximum Gasteiger partial charge on any atom is 0.0320 e. The lowest BCUT2D eigenvalue weighted by atomic mass is 9.63. The zero-order valence-electron chi connectivity index (χ0n) is 14.2. The van der Waals surface area contributed by atoms with Crippen molar-refractivity contribution in [3.63, 3.8) is 0 Å². The minimum absolute atomic E-state index is 0.442. The summed E-state index contributed by atoms with van der Waals surface area (Å²) in [5.74, 6) is 0. The molecule has 0 radical (unpaired) electrons. The number of halogens is 1. The number of hydrogen-bond donors (Lipinski definition) is 1. The maximum atomic E-state index is 3.94. The fourth-order valence-electron chi connectivity index (χ4n) is 4.39. The zero-order valence-corrected chi connectivity index (χ0v) is 15.8. The predicted octanol–water partition coefficient (Wildman–Crippen LogP) is 6.09. The van der Waals surface area contributed by atoms with Gasteiger partial charge in [0.15, 0.2) is 0 Å². The van der Waals surface area contributed by atoms with E-state index in [0.717, 1.165) is 10.9 Å². The molecule has 1 aromatic carbocycles. The smallest absolute Gasteiger partial charge is 0.0320 e. The highest BCUT2D eigenvalue weighted by Crippen LogP contribution is 2.46. The van der Waals surface area contributed by atoms with Gasteiger partial charge < -0.3 is 5.32 Å². The summed E-state index contributed by atoms with van der Waals surface area (Å²) < 4.78 is 1.15. The van der Waals surface area contributed by atoms with E-state index in [1.807, 2.05) is 0 Å². The van der Waals surface area contributed by atoms with Crippen molar-refractivity contribution in [1.82, 2.24) is 5.32 Å². The molecule has 0 bridgehead atoms. The molecule has 0 aliphatic heterocycles. The highest BCUT2D eigenvalue weighted by atomic mass is 79.9. The van der Waals surface area contributed by atoms with Crippen molar-refractivity contribution in [2.45, 2.75) is 72.4 Å². The molecule has 1 aliphatic carbocycles. The van der Waals surface area contributed by atoms with Crippen molar-refractivity contribution in [2.24, 2.45) is 10.8 Å². The molecule has 21 heavy (non-hydrogen) atoms. The molecule has 1 nitrogen and oxygen atoms in total. The van der Waals surface area contributed by atoms with Gasteiger partial charge in [0.05, 0.1) is 0 Å². The summed E-state index contributed by atoms with van der Waals surface area (Å²) in [6, 6.07) is 9.86. The van der Waals surface area contributed by atoms with E-state index in [2.05, 4.69) is 80.1 Å². The third kappa shape index (κ3) is 4.82. The van der Waals surface area contributed by atoms with Gasteiger partial charge in [-0.25, -0.2) is 0 Å². The predicted molar refractivity (Wildman–Crippen MR) is 95.5 cm³/mol. The van der Waals surface area contributed by atoms with Crippen molar-refractivity contribution in [3.8, 4) is 0 Å². The molecule has 118 valence electrons. The summed E-state index contributed by atoms with van der Waals surface area (Å²) >= 11 is 3.52. The van der Waals surface area contributed by atoms with Crippen LogP contribution in [0.1, 0.15) is 71.9 Å². The second-order valence-electron chi connectivity index (χ2n) is 8.29. The van der Waals surface area contributed by atoms with E-state index in [0.29, 0.717) is 22.9 Å². The van der Waals surface area contributed by atoms with Gasteiger partial charge in [-0.3, -0.25) is 0 Å². The van der Waals surface area contributed by atoms with Crippen LogP contribution in [-0.4, -0.2) is 6.04 Å². The van der Waals surface area contributed by atoms with Crippen molar-refractivity contribution >= 4 is 15.9 Å². The maximum absolute atomic E-state index is 3.94. The van der Waals surface area contributed by atoms with Crippen molar-refractivity contribution < 1.29 is 0 Å². The number of benzene rings is 1. The zero-order chi connectivity index (χ0) is 15.7. The van der Waals surface area contributed by atoms with E-state index in [1.54, 1.807) is 0 Å². The Morgan fingerprint density at radius 2 is 1.62 bits per heavy atom. The Labute approximate surface area is 139 Å². The van der Waals surface area contributed by atoms with Crippen LogP contribution in [0, 0.1) is 10.8 Å². The Morgan fingerprint density at radius 3 is 2.10 bits per heavy atom. The van der Waals surface area contributed by atoms with Gasteiger partial charge in [-0.15, -0.1) is 0 Å². The Hall–Kier alpha value is -0.340. The quantitative estimate of drug-likeness (QED) is 0.691. The Morgan fingerprint density at radius 1 is 1.10 bits per heavy atom.